The monoisotopic (exact) mass is 309 g/mol. The summed E-state index contributed by atoms with van der Waals surface area (Å²) < 4.78 is 6.51. The molecule has 2 aromatic rings. The number of thiophene rings is 1. The van der Waals surface area contributed by atoms with Gasteiger partial charge in [0.2, 0.25) is 0 Å². The molecule has 0 aliphatic carbocycles. The van der Waals surface area contributed by atoms with Crippen LogP contribution < -0.4 is 0 Å². The number of carboxylic acids is 1. The summed E-state index contributed by atoms with van der Waals surface area (Å²) in [6, 6.07) is 1.74. The van der Waals surface area contributed by atoms with E-state index in [-0.39, 0.29) is 19.1 Å². The van der Waals surface area contributed by atoms with Crippen molar-refractivity contribution in [2.45, 2.75) is 6.10 Å². The molecule has 21 heavy (non-hydrogen) atoms. The number of nitrogens with zero attached hydrogens (tertiary/aromatic N) is 5. The van der Waals surface area contributed by atoms with Gasteiger partial charge >= 0.3 is 5.97 Å². The lowest BCUT2D eigenvalue weighted by atomic mass is 10.2. The van der Waals surface area contributed by atoms with E-state index in [1.54, 1.807) is 11.4 Å². The zero-order chi connectivity index (χ0) is 14.8. The highest BCUT2D eigenvalue weighted by atomic mass is 32.1. The minimum absolute atomic E-state index is 0.0289. The molecule has 0 bridgehead atoms. The van der Waals surface area contributed by atoms with Crippen molar-refractivity contribution in [2.75, 3.05) is 19.7 Å². The Morgan fingerprint density at radius 1 is 1.48 bits per heavy atom. The van der Waals surface area contributed by atoms with Crippen LogP contribution in [-0.2, 0) is 9.53 Å². The van der Waals surface area contributed by atoms with Crippen LogP contribution >= 0.6 is 11.3 Å². The number of hydrogen-bond donors (Lipinski definition) is 1. The van der Waals surface area contributed by atoms with Gasteiger partial charge in [-0.05, 0) is 21.9 Å². The van der Waals surface area contributed by atoms with Crippen LogP contribution in [-0.4, -0.2) is 67.9 Å². The molecule has 0 spiro atoms. The van der Waals surface area contributed by atoms with Crippen molar-refractivity contribution in [2.24, 2.45) is 0 Å². The van der Waals surface area contributed by atoms with Crippen molar-refractivity contribution >= 4 is 23.2 Å². The highest BCUT2D eigenvalue weighted by molar-refractivity contribution is 7.12. The van der Waals surface area contributed by atoms with Crippen LogP contribution in [0.2, 0.25) is 0 Å². The first kappa shape index (κ1) is 13.6. The van der Waals surface area contributed by atoms with Gasteiger partial charge in [0.25, 0.3) is 5.91 Å². The van der Waals surface area contributed by atoms with Crippen molar-refractivity contribution in [1.29, 1.82) is 0 Å². The molecule has 1 fully saturated rings. The summed E-state index contributed by atoms with van der Waals surface area (Å²) in [4.78, 5) is 25.5. The van der Waals surface area contributed by atoms with Gasteiger partial charge in [-0.1, -0.05) is 0 Å². The lowest BCUT2D eigenvalue weighted by molar-refractivity contribution is -0.154. The molecule has 0 saturated carbocycles. The van der Waals surface area contributed by atoms with Gasteiger partial charge in [0.1, 0.15) is 11.2 Å². The molecule has 1 N–H and O–H groups in total. The normalized spacial score (nSPS) is 18.7. The fourth-order valence-electron chi connectivity index (χ4n) is 2.04. The molecule has 10 heteroatoms. The third-order valence-corrected chi connectivity index (χ3v) is 3.96. The second-order valence-electron chi connectivity index (χ2n) is 4.34. The van der Waals surface area contributed by atoms with Gasteiger partial charge in [-0.2, -0.15) is 4.68 Å². The lowest BCUT2D eigenvalue weighted by Gasteiger charge is -2.30. The van der Waals surface area contributed by atoms with Gasteiger partial charge in [0.15, 0.2) is 6.10 Å². The molecule has 1 amide bonds. The van der Waals surface area contributed by atoms with E-state index >= 15 is 0 Å². The predicted molar refractivity (Wildman–Crippen MR) is 70.3 cm³/mol. The predicted octanol–water partition coefficient (Wildman–Crippen LogP) is -0.351. The van der Waals surface area contributed by atoms with Crippen LogP contribution in [0.3, 0.4) is 0 Å². The number of hydrogen-bond acceptors (Lipinski definition) is 7. The molecule has 3 rings (SSSR count). The minimum Gasteiger partial charge on any atom is -0.479 e. The van der Waals surface area contributed by atoms with Crippen molar-refractivity contribution in [3.05, 3.63) is 22.7 Å². The van der Waals surface area contributed by atoms with Crippen LogP contribution in [0, 0.1) is 0 Å². The summed E-state index contributed by atoms with van der Waals surface area (Å²) in [5, 5.41) is 21.6. The van der Waals surface area contributed by atoms with E-state index in [0.717, 1.165) is 0 Å². The van der Waals surface area contributed by atoms with E-state index < -0.39 is 12.1 Å². The number of rotatable bonds is 3. The van der Waals surface area contributed by atoms with Gasteiger partial charge in [-0.3, -0.25) is 4.79 Å². The van der Waals surface area contributed by atoms with Crippen molar-refractivity contribution in [3.63, 3.8) is 0 Å². The van der Waals surface area contributed by atoms with Gasteiger partial charge in [0.05, 0.1) is 18.8 Å². The first-order valence-corrected chi connectivity index (χ1v) is 6.99. The second kappa shape index (κ2) is 5.58. The SMILES string of the molecule is O=C(O)C1CN(C(=O)c2sccc2-n2cnnn2)CCO1. The number of aliphatic carboxylic acids is 1. The Bertz CT molecular complexity index is 655. The maximum Gasteiger partial charge on any atom is 0.334 e. The molecule has 1 saturated heterocycles. The molecular weight excluding hydrogens is 298 g/mol. The number of amides is 1. The Hall–Kier alpha value is -2.33. The standard InChI is InChI=1S/C11H11N5O4S/c17-10(15-2-3-20-8(5-15)11(18)19)9-7(1-4-21-9)16-6-12-13-14-16/h1,4,6,8H,2-3,5H2,(H,18,19). The molecule has 1 aliphatic rings. The molecule has 0 aromatic carbocycles. The smallest absolute Gasteiger partial charge is 0.334 e. The first-order chi connectivity index (χ1) is 10.2. The molecule has 1 aliphatic heterocycles. The van der Waals surface area contributed by atoms with Crippen molar-refractivity contribution in [1.82, 2.24) is 25.1 Å². The van der Waals surface area contributed by atoms with Gasteiger partial charge in [-0.25, -0.2) is 4.79 Å². The summed E-state index contributed by atoms with van der Waals surface area (Å²) in [7, 11) is 0. The summed E-state index contributed by atoms with van der Waals surface area (Å²) in [6.07, 6.45) is 0.414. The Balaban J connectivity index is 1.83. The van der Waals surface area contributed by atoms with Crippen molar-refractivity contribution < 1.29 is 19.4 Å². The number of tetrazole rings is 1. The zero-order valence-electron chi connectivity index (χ0n) is 10.7. The largest absolute Gasteiger partial charge is 0.479 e. The summed E-state index contributed by atoms with van der Waals surface area (Å²) in [5.74, 6) is -1.32. The lowest BCUT2D eigenvalue weighted by Crippen LogP contribution is -2.48. The maximum absolute atomic E-state index is 12.6. The minimum atomic E-state index is -1.07. The van der Waals surface area contributed by atoms with E-state index in [0.29, 0.717) is 17.1 Å². The number of aromatic nitrogens is 4. The maximum atomic E-state index is 12.6. The molecule has 3 heterocycles. The fraction of sp³-hybridized carbons (Fsp3) is 0.364. The Morgan fingerprint density at radius 3 is 3.05 bits per heavy atom. The average molecular weight is 309 g/mol. The molecule has 9 nitrogen and oxygen atoms in total. The van der Waals surface area contributed by atoms with Gasteiger partial charge < -0.3 is 14.7 Å². The van der Waals surface area contributed by atoms with Crippen LogP contribution in [0.15, 0.2) is 17.8 Å². The highest BCUT2D eigenvalue weighted by Crippen LogP contribution is 2.23. The van der Waals surface area contributed by atoms with E-state index in [9.17, 15) is 9.59 Å². The van der Waals surface area contributed by atoms with Gasteiger partial charge in [0, 0.05) is 6.54 Å². The Morgan fingerprint density at radius 2 is 2.33 bits per heavy atom. The van der Waals surface area contributed by atoms with E-state index in [1.807, 2.05) is 0 Å². The molecule has 0 radical (unpaired) electrons. The Kier molecular flexibility index (Phi) is 3.62. The quantitative estimate of drug-likeness (QED) is 0.825. The zero-order valence-corrected chi connectivity index (χ0v) is 11.6. The number of ether oxygens (including phenoxy) is 1. The number of carbonyl (C=O) groups excluding carboxylic acids is 1. The third kappa shape index (κ3) is 2.62. The first-order valence-electron chi connectivity index (χ1n) is 6.11. The molecule has 1 unspecified atom stereocenters. The van der Waals surface area contributed by atoms with E-state index in [4.69, 9.17) is 9.84 Å². The highest BCUT2D eigenvalue weighted by Gasteiger charge is 2.31. The third-order valence-electron chi connectivity index (χ3n) is 3.06. The van der Waals surface area contributed by atoms with Gasteiger partial charge in [-0.15, -0.1) is 16.4 Å². The summed E-state index contributed by atoms with van der Waals surface area (Å²) in [5.41, 5.74) is 0.577. The molecule has 2 aromatic heterocycles. The summed E-state index contributed by atoms with van der Waals surface area (Å²) in [6.45, 7) is 0.588. The van der Waals surface area contributed by atoms with Crippen LogP contribution in [0.5, 0.6) is 0 Å². The molecule has 1 atom stereocenters. The molecular formula is C11H11N5O4S. The number of morpholine rings is 1. The Labute approximate surface area is 122 Å². The second-order valence-corrected chi connectivity index (χ2v) is 5.25. The topological polar surface area (TPSA) is 110 Å². The number of carbonyl (C=O) groups is 2. The van der Waals surface area contributed by atoms with E-state index in [1.165, 1.54) is 27.2 Å². The van der Waals surface area contributed by atoms with Crippen molar-refractivity contribution in [3.8, 4) is 5.69 Å². The van der Waals surface area contributed by atoms with Crippen LogP contribution in [0.25, 0.3) is 5.69 Å². The van der Waals surface area contributed by atoms with E-state index in [2.05, 4.69) is 15.5 Å². The number of carboxylic acid groups (broad SMARTS) is 1. The summed E-state index contributed by atoms with van der Waals surface area (Å²) >= 11 is 1.26. The fourth-order valence-corrected chi connectivity index (χ4v) is 2.89. The van der Waals surface area contributed by atoms with Crippen LogP contribution in [0.1, 0.15) is 9.67 Å². The molecule has 110 valence electrons. The van der Waals surface area contributed by atoms with Crippen LogP contribution in [0.4, 0.5) is 0 Å². The average Bonchev–Trinajstić information content (AvgIpc) is 3.17.